The van der Waals surface area contributed by atoms with Crippen LogP contribution in [0.2, 0.25) is 0 Å². The van der Waals surface area contributed by atoms with E-state index in [1.165, 1.54) is 0 Å². The van der Waals surface area contributed by atoms with Gasteiger partial charge in [-0.05, 0) is 30.9 Å². The maximum atomic E-state index is 10.1. The largest absolute Gasteiger partial charge is 0.391 e. The van der Waals surface area contributed by atoms with Crippen LogP contribution in [0.5, 0.6) is 0 Å². The Balaban J connectivity index is 1.94. The van der Waals surface area contributed by atoms with Crippen LogP contribution in [0.3, 0.4) is 0 Å². The summed E-state index contributed by atoms with van der Waals surface area (Å²) in [4.78, 5) is 15.5. The van der Waals surface area contributed by atoms with E-state index in [2.05, 4.69) is 28.7 Å². The Bertz CT molecular complexity index is 632. The number of nitrogens with zero attached hydrogens (tertiary/aromatic N) is 4. The summed E-state index contributed by atoms with van der Waals surface area (Å²) in [7, 11) is 0. The first kappa shape index (κ1) is 14.9. The molecule has 3 heterocycles. The van der Waals surface area contributed by atoms with Crippen LogP contribution in [0.1, 0.15) is 26.0 Å². The minimum absolute atomic E-state index is 0.293. The van der Waals surface area contributed by atoms with Gasteiger partial charge in [-0.15, -0.1) is 0 Å². The van der Waals surface area contributed by atoms with E-state index >= 15 is 0 Å². The van der Waals surface area contributed by atoms with Crippen LogP contribution in [0.25, 0.3) is 11.4 Å². The molecule has 2 unspecified atom stereocenters. The summed E-state index contributed by atoms with van der Waals surface area (Å²) in [6.07, 6.45) is 5.06. The Morgan fingerprint density at radius 2 is 2.05 bits per heavy atom. The standard InChI is InChI=1S/C17H22N4O/c1-3-14-10-16(21-9-6-12(2)15(22)11-21)20-17(19-14)13-4-7-18-8-5-13/h4-5,7-8,10,12,15,22H,3,6,9,11H2,1-2H3. The average Bonchev–Trinajstić information content (AvgIpc) is 2.57. The average molecular weight is 298 g/mol. The summed E-state index contributed by atoms with van der Waals surface area (Å²) in [6, 6.07) is 5.88. The zero-order chi connectivity index (χ0) is 15.5. The first-order valence-corrected chi connectivity index (χ1v) is 7.88. The lowest BCUT2D eigenvalue weighted by Gasteiger charge is -2.35. The number of pyridine rings is 1. The van der Waals surface area contributed by atoms with Crippen molar-refractivity contribution in [1.29, 1.82) is 0 Å². The number of hydrogen-bond acceptors (Lipinski definition) is 5. The van der Waals surface area contributed by atoms with Crippen molar-refractivity contribution in [2.24, 2.45) is 5.92 Å². The number of anilines is 1. The van der Waals surface area contributed by atoms with Crippen molar-refractivity contribution in [2.45, 2.75) is 32.8 Å². The van der Waals surface area contributed by atoms with E-state index in [9.17, 15) is 5.11 Å². The molecule has 5 nitrogen and oxygen atoms in total. The molecule has 2 atom stereocenters. The fourth-order valence-electron chi connectivity index (χ4n) is 2.71. The number of β-amino-alcohol motifs (C(OH)–C–C–N with tert-alkyl or cyclic N) is 1. The molecule has 1 aliphatic heterocycles. The number of aryl methyl sites for hydroxylation is 1. The highest BCUT2D eigenvalue weighted by molar-refractivity contribution is 5.57. The number of piperidine rings is 1. The number of rotatable bonds is 3. The zero-order valence-electron chi connectivity index (χ0n) is 13.1. The predicted octanol–water partition coefficient (Wildman–Crippen LogP) is 2.31. The van der Waals surface area contributed by atoms with E-state index in [0.29, 0.717) is 12.5 Å². The molecule has 1 fully saturated rings. The Morgan fingerprint density at radius 3 is 2.73 bits per heavy atom. The van der Waals surface area contributed by atoms with Gasteiger partial charge >= 0.3 is 0 Å². The first-order valence-electron chi connectivity index (χ1n) is 7.88. The SMILES string of the molecule is CCc1cc(N2CCC(C)C(O)C2)nc(-c2ccncc2)n1. The van der Waals surface area contributed by atoms with Gasteiger partial charge in [0.2, 0.25) is 0 Å². The van der Waals surface area contributed by atoms with Gasteiger partial charge in [0.1, 0.15) is 5.82 Å². The molecule has 1 aliphatic rings. The molecule has 3 rings (SSSR count). The summed E-state index contributed by atoms with van der Waals surface area (Å²) in [5.41, 5.74) is 1.99. The fourth-order valence-corrected chi connectivity index (χ4v) is 2.71. The van der Waals surface area contributed by atoms with Gasteiger partial charge in [0, 0.05) is 42.8 Å². The predicted molar refractivity (Wildman–Crippen MR) is 86.6 cm³/mol. The fraction of sp³-hybridized carbons (Fsp3) is 0.471. The lowest BCUT2D eigenvalue weighted by atomic mass is 9.96. The van der Waals surface area contributed by atoms with E-state index in [4.69, 9.17) is 4.98 Å². The Morgan fingerprint density at radius 1 is 1.27 bits per heavy atom. The molecule has 1 N–H and O–H groups in total. The maximum absolute atomic E-state index is 10.1. The molecule has 0 bridgehead atoms. The molecular formula is C17H22N4O. The molecule has 2 aromatic heterocycles. The van der Waals surface area contributed by atoms with Crippen molar-refractivity contribution in [3.8, 4) is 11.4 Å². The van der Waals surface area contributed by atoms with Crippen LogP contribution in [0.15, 0.2) is 30.6 Å². The molecular weight excluding hydrogens is 276 g/mol. The van der Waals surface area contributed by atoms with Crippen molar-refractivity contribution >= 4 is 5.82 Å². The molecule has 5 heteroatoms. The minimum atomic E-state index is -0.293. The smallest absolute Gasteiger partial charge is 0.161 e. The highest BCUT2D eigenvalue weighted by atomic mass is 16.3. The van der Waals surface area contributed by atoms with E-state index in [1.54, 1.807) is 12.4 Å². The summed E-state index contributed by atoms with van der Waals surface area (Å²) in [5, 5.41) is 10.1. The lowest BCUT2D eigenvalue weighted by Crippen LogP contribution is -2.43. The summed E-state index contributed by atoms with van der Waals surface area (Å²) < 4.78 is 0. The number of hydrogen-bond donors (Lipinski definition) is 1. The van der Waals surface area contributed by atoms with Crippen LogP contribution < -0.4 is 4.90 Å². The third-order valence-electron chi connectivity index (χ3n) is 4.31. The molecule has 0 aliphatic carbocycles. The Kier molecular flexibility index (Phi) is 4.34. The van der Waals surface area contributed by atoms with E-state index in [-0.39, 0.29) is 6.10 Å². The van der Waals surface area contributed by atoms with E-state index < -0.39 is 0 Å². The lowest BCUT2D eigenvalue weighted by molar-refractivity contribution is 0.102. The quantitative estimate of drug-likeness (QED) is 0.942. The molecule has 0 aromatic carbocycles. The van der Waals surface area contributed by atoms with E-state index in [0.717, 1.165) is 42.3 Å². The van der Waals surface area contributed by atoms with Crippen molar-refractivity contribution < 1.29 is 5.11 Å². The maximum Gasteiger partial charge on any atom is 0.161 e. The molecule has 0 saturated carbocycles. The van der Waals surface area contributed by atoms with Gasteiger partial charge in [-0.25, -0.2) is 9.97 Å². The third kappa shape index (κ3) is 3.09. The van der Waals surface area contributed by atoms with Crippen LogP contribution in [0, 0.1) is 5.92 Å². The van der Waals surface area contributed by atoms with Crippen molar-refractivity contribution in [1.82, 2.24) is 15.0 Å². The first-order chi connectivity index (χ1) is 10.7. The third-order valence-corrected chi connectivity index (χ3v) is 4.31. The molecule has 0 spiro atoms. The second-order valence-electron chi connectivity index (χ2n) is 5.91. The normalized spacial score (nSPS) is 21.9. The highest BCUT2D eigenvalue weighted by Gasteiger charge is 2.25. The van der Waals surface area contributed by atoms with Crippen molar-refractivity contribution in [3.05, 3.63) is 36.3 Å². The van der Waals surface area contributed by atoms with Gasteiger partial charge in [0.15, 0.2) is 5.82 Å². The van der Waals surface area contributed by atoms with Gasteiger partial charge in [-0.1, -0.05) is 13.8 Å². The summed E-state index contributed by atoms with van der Waals surface area (Å²) >= 11 is 0. The zero-order valence-corrected chi connectivity index (χ0v) is 13.1. The van der Waals surface area contributed by atoms with Gasteiger partial charge in [-0.2, -0.15) is 0 Å². The van der Waals surface area contributed by atoms with Crippen molar-refractivity contribution in [2.75, 3.05) is 18.0 Å². The van der Waals surface area contributed by atoms with Gasteiger partial charge in [0.05, 0.1) is 6.10 Å². The number of aliphatic hydroxyl groups is 1. The summed E-state index contributed by atoms with van der Waals surface area (Å²) in [5.74, 6) is 1.98. The molecule has 2 aromatic rings. The molecule has 1 saturated heterocycles. The van der Waals surface area contributed by atoms with Crippen LogP contribution in [-0.2, 0) is 6.42 Å². The van der Waals surface area contributed by atoms with Gasteiger partial charge < -0.3 is 10.0 Å². The van der Waals surface area contributed by atoms with Crippen LogP contribution in [-0.4, -0.2) is 39.3 Å². The van der Waals surface area contributed by atoms with Crippen LogP contribution in [0.4, 0.5) is 5.82 Å². The number of aromatic nitrogens is 3. The van der Waals surface area contributed by atoms with Gasteiger partial charge in [-0.3, -0.25) is 4.98 Å². The number of aliphatic hydroxyl groups excluding tert-OH is 1. The summed E-state index contributed by atoms with van der Waals surface area (Å²) in [6.45, 7) is 5.75. The molecule has 22 heavy (non-hydrogen) atoms. The molecule has 0 amide bonds. The van der Waals surface area contributed by atoms with Crippen molar-refractivity contribution in [3.63, 3.8) is 0 Å². The Labute approximate surface area is 131 Å². The van der Waals surface area contributed by atoms with Crippen LogP contribution >= 0.6 is 0 Å². The molecule has 0 radical (unpaired) electrons. The van der Waals surface area contributed by atoms with E-state index in [1.807, 2.05) is 18.2 Å². The molecule has 116 valence electrons. The second-order valence-corrected chi connectivity index (χ2v) is 5.91. The second kappa shape index (κ2) is 6.40. The minimum Gasteiger partial charge on any atom is -0.391 e. The van der Waals surface area contributed by atoms with Gasteiger partial charge in [0.25, 0.3) is 0 Å². The Hall–Kier alpha value is -2.01. The topological polar surface area (TPSA) is 62.1 Å². The highest BCUT2D eigenvalue weighted by Crippen LogP contribution is 2.25. The monoisotopic (exact) mass is 298 g/mol.